The second kappa shape index (κ2) is 8.03. The maximum atomic E-state index is 14.1. The van der Waals surface area contributed by atoms with E-state index in [9.17, 15) is 9.18 Å². The van der Waals surface area contributed by atoms with E-state index in [-0.39, 0.29) is 17.3 Å². The highest BCUT2D eigenvalue weighted by Gasteiger charge is 2.12. The first kappa shape index (κ1) is 18.5. The monoisotopic (exact) mass is 414 g/mol. The van der Waals surface area contributed by atoms with E-state index in [0.29, 0.717) is 17.3 Å². The quantitative estimate of drug-likeness (QED) is 0.519. The van der Waals surface area contributed by atoms with Gasteiger partial charge in [0.25, 0.3) is 0 Å². The maximum absolute atomic E-state index is 14.1. The molecule has 0 spiro atoms. The number of benzene rings is 2. The normalized spacial score (nSPS) is 11.1. The lowest BCUT2D eigenvalue weighted by molar-refractivity contribution is -0.113. The number of fused-ring (bicyclic) bond motifs is 1. The summed E-state index contributed by atoms with van der Waals surface area (Å²) in [5.74, 6) is 0.590. The molecule has 4 rings (SSSR count). The van der Waals surface area contributed by atoms with Crippen molar-refractivity contribution in [3.05, 3.63) is 59.1 Å². The van der Waals surface area contributed by atoms with Gasteiger partial charge in [-0.3, -0.25) is 4.79 Å². The predicted molar refractivity (Wildman–Crippen MR) is 108 cm³/mol. The van der Waals surface area contributed by atoms with Crippen molar-refractivity contribution in [2.24, 2.45) is 0 Å². The van der Waals surface area contributed by atoms with Crippen LogP contribution in [0.5, 0.6) is 0 Å². The molecule has 0 unspecified atom stereocenters. The van der Waals surface area contributed by atoms with Crippen LogP contribution in [0.2, 0.25) is 0 Å². The number of nitrogens with one attached hydrogen (secondary N) is 1. The van der Waals surface area contributed by atoms with Crippen LogP contribution < -0.4 is 5.32 Å². The van der Waals surface area contributed by atoms with E-state index in [1.54, 1.807) is 24.3 Å². The summed E-state index contributed by atoms with van der Waals surface area (Å²) in [4.78, 5) is 16.8. The summed E-state index contributed by atoms with van der Waals surface area (Å²) < 4.78 is 16.7. The van der Waals surface area contributed by atoms with Gasteiger partial charge in [-0.1, -0.05) is 12.1 Å². The molecule has 2 heterocycles. The number of hydrogen-bond donors (Lipinski definition) is 1. The Kier molecular flexibility index (Phi) is 5.31. The van der Waals surface area contributed by atoms with Crippen LogP contribution in [-0.4, -0.2) is 36.9 Å². The molecule has 0 aliphatic rings. The summed E-state index contributed by atoms with van der Waals surface area (Å²) in [6, 6.07) is 12.3. The fourth-order valence-electron chi connectivity index (χ4n) is 2.61. The van der Waals surface area contributed by atoms with E-state index in [1.807, 2.05) is 24.3 Å². The van der Waals surface area contributed by atoms with Gasteiger partial charge in [0, 0.05) is 5.75 Å². The van der Waals surface area contributed by atoms with E-state index in [2.05, 4.69) is 25.8 Å². The fourth-order valence-corrected chi connectivity index (χ4v) is 4.46. The summed E-state index contributed by atoms with van der Waals surface area (Å²) in [6.45, 7) is 1.74. The number of para-hydroxylation sites is 1. The fraction of sp³-hybridized carbons (Fsp3) is 0.167. The van der Waals surface area contributed by atoms with Crippen LogP contribution in [-0.2, 0) is 10.5 Å². The van der Waals surface area contributed by atoms with Crippen molar-refractivity contribution in [1.82, 2.24) is 25.2 Å². The molecule has 1 N–H and O–H groups in total. The van der Waals surface area contributed by atoms with E-state index >= 15 is 0 Å². The van der Waals surface area contributed by atoms with Crippen LogP contribution in [0.25, 0.3) is 15.9 Å². The molecule has 0 atom stereocenters. The van der Waals surface area contributed by atoms with E-state index in [0.717, 1.165) is 15.2 Å². The number of nitrogens with zero attached hydrogens (tertiary/aromatic N) is 5. The van der Waals surface area contributed by atoms with Crippen molar-refractivity contribution in [1.29, 1.82) is 0 Å². The van der Waals surface area contributed by atoms with Crippen molar-refractivity contribution in [3.8, 4) is 5.69 Å². The SMILES string of the molecule is Cc1nnnn1-c1ccc(F)c(NC(=O)CSCc2nc3ccccc3s2)c1. The van der Waals surface area contributed by atoms with Gasteiger partial charge >= 0.3 is 0 Å². The molecule has 0 radical (unpaired) electrons. The Hall–Kier alpha value is -2.85. The van der Waals surface area contributed by atoms with Gasteiger partial charge in [-0.05, 0) is 47.7 Å². The van der Waals surface area contributed by atoms with Gasteiger partial charge in [0.15, 0.2) is 5.82 Å². The topological polar surface area (TPSA) is 85.6 Å². The molecule has 10 heteroatoms. The van der Waals surface area contributed by atoms with Gasteiger partial charge in [0.05, 0.1) is 27.3 Å². The molecular formula is C18H15FN6OS2. The molecule has 4 aromatic rings. The average molecular weight is 414 g/mol. The van der Waals surface area contributed by atoms with Crippen molar-refractivity contribution >= 4 is 44.9 Å². The number of hydrogen-bond acceptors (Lipinski definition) is 7. The van der Waals surface area contributed by atoms with Crippen LogP contribution in [0.1, 0.15) is 10.8 Å². The molecule has 2 aromatic heterocycles. The number of anilines is 1. The molecule has 7 nitrogen and oxygen atoms in total. The van der Waals surface area contributed by atoms with E-state index in [4.69, 9.17) is 0 Å². The van der Waals surface area contributed by atoms with E-state index < -0.39 is 5.82 Å². The molecule has 0 fully saturated rings. The number of aryl methyl sites for hydroxylation is 1. The molecule has 142 valence electrons. The Morgan fingerprint density at radius 1 is 1.29 bits per heavy atom. The Morgan fingerprint density at radius 3 is 2.93 bits per heavy atom. The smallest absolute Gasteiger partial charge is 0.234 e. The maximum Gasteiger partial charge on any atom is 0.234 e. The third kappa shape index (κ3) is 4.02. The molecular weight excluding hydrogens is 399 g/mol. The highest BCUT2D eigenvalue weighted by molar-refractivity contribution is 7.99. The summed E-state index contributed by atoms with van der Waals surface area (Å²) in [5, 5.41) is 14.8. The number of halogens is 1. The van der Waals surface area contributed by atoms with Crippen molar-refractivity contribution in [3.63, 3.8) is 0 Å². The minimum absolute atomic E-state index is 0.0954. The van der Waals surface area contributed by atoms with Gasteiger partial charge in [-0.15, -0.1) is 28.2 Å². The molecule has 0 saturated heterocycles. The lowest BCUT2D eigenvalue weighted by atomic mass is 10.2. The van der Waals surface area contributed by atoms with Crippen LogP contribution >= 0.6 is 23.1 Å². The molecule has 0 bridgehead atoms. The Bertz CT molecular complexity index is 1110. The van der Waals surface area contributed by atoms with Gasteiger partial charge in [0.1, 0.15) is 10.8 Å². The number of aromatic nitrogens is 5. The van der Waals surface area contributed by atoms with Crippen molar-refractivity contribution in [2.45, 2.75) is 12.7 Å². The molecule has 2 aromatic carbocycles. The van der Waals surface area contributed by atoms with Crippen molar-refractivity contribution < 1.29 is 9.18 Å². The van der Waals surface area contributed by atoms with Gasteiger partial charge in [-0.2, -0.15) is 4.68 Å². The molecule has 28 heavy (non-hydrogen) atoms. The van der Waals surface area contributed by atoms with Crippen LogP contribution in [0.15, 0.2) is 42.5 Å². The zero-order valence-electron chi connectivity index (χ0n) is 14.8. The Balaban J connectivity index is 1.37. The third-order valence-electron chi connectivity index (χ3n) is 3.89. The summed E-state index contributed by atoms with van der Waals surface area (Å²) >= 11 is 3.05. The molecule has 0 aliphatic carbocycles. The van der Waals surface area contributed by atoms with E-state index in [1.165, 1.54) is 28.6 Å². The Labute approximate surface area is 168 Å². The van der Waals surface area contributed by atoms with Crippen LogP contribution in [0.3, 0.4) is 0 Å². The minimum atomic E-state index is -0.515. The second-order valence-electron chi connectivity index (χ2n) is 5.92. The number of thioether (sulfide) groups is 1. The second-order valence-corrected chi connectivity index (χ2v) is 8.02. The lowest BCUT2D eigenvalue weighted by Gasteiger charge is -2.09. The molecule has 0 aliphatic heterocycles. The largest absolute Gasteiger partial charge is 0.323 e. The van der Waals surface area contributed by atoms with Gasteiger partial charge in [0.2, 0.25) is 5.91 Å². The zero-order valence-corrected chi connectivity index (χ0v) is 16.4. The summed E-state index contributed by atoms with van der Waals surface area (Å²) in [7, 11) is 0. The summed E-state index contributed by atoms with van der Waals surface area (Å²) in [5.41, 5.74) is 1.63. The zero-order chi connectivity index (χ0) is 19.5. The van der Waals surface area contributed by atoms with Gasteiger partial charge in [-0.25, -0.2) is 9.37 Å². The average Bonchev–Trinajstić information content (AvgIpc) is 3.29. The predicted octanol–water partition coefficient (Wildman–Crippen LogP) is 3.59. The van der Waals surface area contributed by atoms with Crippen molar-refractivity contribution in [2.75, 3.05) is 11.1 Å². The number of thiazole rings is 1. The van der Waals surface area contributed by atoms with Crippen LogP contribution in [0, 0.1) is 12.7 Å². The third-order valence-corrected chi connectivity index (χ3v) is 6.05. The van der Waals surface area contributed by atoms with Gasteiger partial charge < -0.3 is 5.32 Å². The summed E-state index contributed by atoms with van der Waals surface area (Å²) in [6.07, 6.45) is 0. The number of tetrazole rings is 1. The number of rotatable bonds is 6. The first-order valence-corrected chi connectivity index (χ1v) is 10.3. The lowest BCUT2D eigenvalue weighted by Crippen LogP contribution is -2.15. The highest BCUT2D eigenvalue weighted by Crippen LogP contribution is 2.25. The highest BCUT2D eigenvalue weighted by atomic mass is 32.2. The standard InChI is InChI=1S/C18H15FN6OS2/c1-11-22-23-24-25(11)12-6-7-13(19)15(8-12)20-17(26)9-27-10-18-21-14-4-2-3-5-16(14)28-18/h2-8H,9-10H2,1H3,(H,20,26). The minimum Gasteiger partial charge on any atom is -0.323 e. The molecule has 0 saturated carbocycles. The first-order valence-electron chi connectivity index (χ1n) is 8.37. The number of amides is 1. The molecule has 1 amide bonds. The Morgan fingerprint density at radius 2 is 2.14 bits per heavy atom. The number of carbonyl (C=O) groups is 1. The van der Waals surface area contributed by atoms with Crippen LogP contribution in [0.4, 0.5) is 10.1 Å². The first-order chi connectivity index (χ1) is 13.6. The number of carbonyl (C=O) groups excluding carboxylic acids is 1.